The van der Waals surface area contributed by atoms with Crippen molar-refractivity contribution in [3.8, 4) is 5.75 Å². The van der Waals surface area contributed by atoms with E-state index in [9.17, 15) is 9.59 Å². The predicted octanol–water partition coefficient (Wildman–Crippen LogP) is 3.67. The van der Waals surface area contributed by atoms with Gasteiger partial charge in [-0.3, -0.25) is 9.59 Å². The van der Waals surface area contributed by atoms with E-state index in [1.165, 1.54) is 0 Å². The molecular formula is C21H27N3O3. The minimum Gasteiger partial charge on any atom is -0.494 e. The Bertz CT molecular complexity index is 745. The van der Waals surface area contributed by atoms with Gasteiger partial charge in [-0.2, -0.15) is 0 Å². The standard InChI is InChI=1S/C21H27N3O3/c1-3-5-13-27-19-8-6-7-18(14-19)24-20(25)15-23-17-11-9-16(10-12-17)21(26)22-4-2/h6-12,14,23H,3-5,13,15H2,1-2H3,(H,22,26)(H,24,25). The van der Waals surface area contributed by atoms with Crippen molar-refractivity contribution in [3.05, 3.63) is 54.1 Å². The van der Waals surface area contributed by atoms with Crippen LogP contribution >= 0.6 is 0 Å². The molecule has 27 heavy (non-hydrogen) atoms. The van der Waals surface area contributed by atoms with Gasteiger partial charge in [-0.1, -0.05) is 19.4 Å². The zero-order valence-corrected chi connectivity index (χ0v) is 15.9. The van der Waals surface area contributed by atoms with Gasteiger partial charge in [0, 0.05) is 29.5 Å². The molecule has 0 saturated heterocycles. The van der Waals surface area contributed by atoms with Crippen molar-refractivity contribution in [1.29, 1.82) is 0 Å². The Hall–Kier alpha value is -3.02. The number of nitrogens with one attached hydrogen (secondary N) is 3. The highest BCUT2D eigenvalue weighted by Gasteiger charge is 2.06. The van der Waals surface area contributed by atoms with Crippen LogP contribution in [0.2, 0.25) is 0 Å². The molecule has 2 aromatic rings. The average Bonchev–Trinajstić information content (AvgIpc) is 2.67. The number of ether oxygens (including phenoxy) is 1. The first-order valence-corrected chi connectivity index (χ1v) is 9.27. The summed E-state index contributed by atoms with van der Waals surface area (Å²) in [6.07, 6.45) is 2.08. The summed E-state index contributed by atoms with van der Waals surface area (Å²) in [5.41, 5.74) is 2.06. The van der Waals surface area contributed by atoms with Crippen LogP contribution in [0, 0.1) is 0 Å². The van der Waals surface area contributed by atoms with Gasteiger partial charge in [0.05, 0.1) is 13.2 Å². The minimum atomic E-state index is -0.159. The lowest BCUT2D eigenvalue weighted by Gasteiger charge is -2.10. The van der Waals surface area contributed by atoms with Crippen molar-refractivity contribution < 1.29 is 14.3 Å². The number of benzene rings is 2. The Labute approximate surface area is 160 Å². The molecule has 2 amide bonds. The molecule has 2 aromatic carbocycles. The molecule has 0 atom stereocenters. The number of carbonyl (C=O) groups excluding carboxylic acids is 2. The summed E-state index contributed by atoms with van der Waals surface area (Å²) in [7, 11) is 0. The third kappa shape index (κ3) is 7.01. The van der Waals surface area contributed by atoms with E-state index in [0.29, 0.717) is 24.4 Å². The maximum atomic E-state index is 12.1. The minimum absolute atomic E-state index is 0.108. The summed E-state index contributed by atoms with van der Waals surface area (Å²) < 4.78 is 5.65. The highest BCUT2D eigenvalue weighted by atomic mass is 16.5. The Kier molecular flexibility index (Phi) is 8.16. The van der Waals surface area contributed by atoms with Crippen molar-refractivity contribution in [2.45, 2.75) is 26.7 Å². The molecule has 6 nitrogen and oxygen atoms in total. The first-order valence-electron chi connectivity index (χ1n) is 9.27. The summed E-state index contributed by atoms with van der Waals surface area (Å²) in [6, 6.07) is 14.4. The molecule has 0 heterocycles. The van der Waals surface area contributed by atoms with Gasteiger partial charge in [0.2, 0.25) is 5.91 Å². The molecular weight excluding hydrogens is 342 g/mol. The zero-order chi connectivity index (χ0) is 19.5. The highest BCUT2D eigenvalue weighted by molar-refractivity contribution is 5.95. The van der Waals surface area contributed by atoms with E-state index in [-0.39, 0.29) is 18.4 Å². The SMILES string of the molecule is CCCCOc1cccc(NC(=O)CNc2ccc(C(=O)NCC)cc2)c1. The van der Waals surface area contributed by atoms with Crippen LogP contribution in [0.5, 0.6) is 5.75 Å². The zero-order valence-electron chi connectivity index (χ0n) is 15.9. The van der Waals surface area contributed by atoms with Gasteiger partial charge in [-0.25, -0.2) is 0 Å². The summed E-state index contributed by atoms with van der Waals surface area (Å²) >= 11 is 0. The normalized spacial score (nSPS) is 10.1. The lowest BCUT2D eigenvalue weighted by Crippen LogP contribution is -2.23. The molecule has 0 unspecified atom stereocenters. The smallest absolute Gasteiger partial charge is 0.251 e. The van der Waals surface area contributed by atoms with Crippen molar-refractivity contribution in [1.82, 2.24) is 5.32 Å². The molecule has 0 aliphatic carbocycles. The average molecular weight is 369 g/mol. The third-order valence-corrected chi connectivity index (χ3v) is 3.82. The number of unbranched alkanes of at least 4 members (excludes halogenated alkanes) is 1. The van der Waals surface area contributed by atoms with Gasteiger partial charge >= 0.3 is 0 Å². The molecule has 144 valence electrons. The molecule has 6 heteroatoms. The molecule has 0 radical (unpaired) electrons. The third-order valence-electron chi connectivity index (χ3n) is 3.82. The molecule has 0 aliphatic rings. The van der Waals surface area contributed by atoms with Crippen molar-refractivity contribution in [2.24, 2.45) is 0 Å². The van der Waals surface area contributed by atoms with Crippen LogP contribution in [0.3, 0.4) is 0 Å². The van der Waals surface area contributed by atoms with Crippen LogP contribution in [0.1, 0.15) is 37.0 Å². The Balaban J connectivity index is 1.82. The second kappa shape index (κ2) is 10.9. The lowest BCUT2D eigenvalue weighted by atomic mass is 10.2. The van der Waals surface area contributed by atoms with Gasteiger partial charge in [0.15, 0.2) is 0 Å². The van der Waals surface area contributed by atoms with Gasteiger partial charge in [-0.05, 0) is 49.7 Å². The Morgan fingerprint density at radius 3 is 2.48 bits per heavy atom. The van der Waals surface area contributed by atoms with Crippen molar-refractivity contribution in [3.63, 3.8) is 0 Å². The summed E-state index contributed by atoms with van der Waals surface area (Å²) in [5.74, 6) is 0.478. The van der Waals surface area contributed by atoms with Crippen molar-refractivity contribution >= 4 is 23.2 Å². The van der Waals surface area contributed by atoms with E-state index < -0.39 is 0 Å². The molecule has 0 fully saturated rings. The number of anilines is 2. The summed E-state index contributed by atoms with van der Waals surface area (Å²) in [4.78, 5) is 23.9. The molecule has 0 aliphatic heterocycles. The van der Waals surface area contributed by atoms with Crippen LogP contribution < -0.4 is 20.7 Å². The molecule has 0 bridgehead atoms. The van der Waals surface area contributed by atoms with E-state index in [4.69, 9.17) is 4.74 Å². The molecule has 3 N–H and O–H groups in total. The number of hydrogen-bond donors (Lipinski definition) is 3. The second-order valence-corrected chi connectivity index (χ2v) is 6.07. The molecule has 0 aromatic heterocycles. The van der Waals surface area contributed by atoms with Gasteiger partial charge < -0.3 is 20.7 Å². The predicted molar refractivity (Wildman–Crippen MR) is 108 cm³/mol. The molecule has 2 rings (SSSR count). The maximum absolute atomic E-state index is 12.1. The van der Waals surface area contributed by atoms with Gasteiger partial charge in [-0.15, -0.1) is 0 Å². The number of carbonyl (C=O) groups is 2. The fourth-order valence-electron chi connectivity index (χ4n) is 2.39. The van der Waals surface area contributed by atoms with E-state index in [2.05, 4.69) is 22.9 Å². The highest BCUT2D eigenvalue weighted by Crippen LogP contribution is 2.17. The van der Waals surface area contributed by atoms with Crippen molar-refractivity contribution in [2.75, 3.05) is 30.3 Å². The summed E-state index contributed by atoms with van der Waals surface area (Å²) in [5, 5.41) is 8.63. The number of amides is 2. The lowest BCUT2D eigenvalue weighted by molar-refractivity contribution is -0.114. The van der Waals surface area contributed by atoms with Gasteiger partial charge in [0.25, 0.3) is 5.91 Å². The Morgan fingerprint density at radius 2 is 1.78 bits per heavy atom. The Morgan fingerprint density at radius 1 is 1.00 bits per heavy atom. The second-order valence-electron chi connectivity index (χ2n) is 6.07. The van der Waals surface area contributed by atoms with Crippen LogP contribution in [0.4, 0.5) is 11.4 Å². The fraction of sp³-hybridized carbons (Fsp3) is 0.333. The number of hydrogen-bond acceptors (Lipinski definition) is 4. The van der Waals surface area contributed by atoms with E-state index in [0.717, 1.165) is 24.3 Å². The topological polar surface area (TPSA) is 79.5 Å². The molecule has 0 spiro atoms. The van der Waals surface area contributed by atoms with E-state index >= 15 is 0 Å². The first kappa shape index (κ1) is 20.3. The quantitative estimate of drug-likeness (QED) is 0.558. The number of rotatable bonds is 10. The van der Waals surface area contributed by atoms with Crippen LogP contribution in [-0.2, 0) is 4.79 Å². The van der Waals surface area contributed by atoms with E-state index in [1.54, 1.807) is 24.3 Å². The van der Waals surface area contributed by atoms with Gasteiger partial charge in [0.1, 0.15) is 5.75 Å². The fourth-order valence-corrected chi connectivity index (χ4v) is 2.39. The summed E-state index contributed by atoms with van der Waals surface area (Å²) in [6.45, 7) is 5.37. The van der Waals surface area contributed by atoms with Crippen LogP contribution in [0.25, 0.3) is 0 Å². The maximum Gasteiger partial charge on any atom is 0.251 e. The van der Waals surface area contributed by atoms with E-state index in [1.807, 2.05) is 31.2 Å². The monoisotopic (exact) mass is 369 g/mol. The van der Waals surface area contributed by atoms with Crippen LogP contribution in [-0.4, -0.2) is 31.5 Å². The largest absolute Gasteiger partial charge is 0.494 e. The molecule has 0 saturated carbocycles. The van der Waals surface area contributed by atoms with Crippen LogP contribution in [0.15, 0.2) is 48.5 Å². The first-order chi connectivity index (χ1) is 13.1.